The normalized spacial score (nSPS) is 10.3. The van der Waals surface area contributed by atoms with Crippen LogP contribution >= 0.6 is 31.9 Å². The minimum absolute atomic E-state index is 0.246. The van der Waals surface area contributed by atoms with E-state index in [9.17, 15) is 9.18 Å². The second-order valence-electron chi connectivity index (χ2n) is 3.32. The van der Waals surface area contributed by atoms with E-state index in [-0.39, 0.29) is 11.6 Å². The van der Waals surface area contributed by atoms with Crippen molar-refractivity contribution in [2.45, 2.75) is 0 Å². The largest absolute Gasteiger partial charge is 0.287 e. The lowest BCUT2D eigenvalue weighted by Crippen LogP contribution is -2.05. The number of benzene rings is 1. The Labute approximate surface area is 114 Å². The first-order valence-electron chi connectivity index (χ1n) is 4.69. The summed E-state index contributed by atoms with van der Waals surface area (Å²) in [5.41, 5.74) is 0.710. The first-order chi connectivity index (χ1) is 8.08. The van der Waals surface area contributed by atoms with Crippen LogP contribution in [0.25, 0.3) is 0 Å². The summed E-state index contributed by atoms with van der Waals surface area (Å²) in [7, 11) is 0. The lowest BCUT2D eigenvalue weighted by molar-refractivity contribution is 0.103. The van der Waals surface area contributed by atoms with E-state index in [4.69, 9.17) is 0 Å². The maximum absolute atomic E-state index is 12.7. The second-order valence-corrected chi connectivity index (χ2v) is 5.09. The van der Waals surface area contributed by atoms with Crippen LogP contribution in [0.5, 0.6) is 0 Å². The highest BCUT2D eigenvalue weighted by molar-refractivity contribution is 9.11. The van der Waals surface area contributed by atoms with Crippen molar-refractivity contribution in [2.75, 3.05) is 0 Å². The molecule has 2 aromatic rings. The third-order valence-electron chi connectivity index (χ3n) is 2.13. The number of hydrogen-bond acceptors (Lipinski definition) is 2. The summed E-state index contributed by atoms with van der Waals surface area (Å²) in [5.74, 6) is -0.617. The fourth-order valence-electron chi connectivity index (χ4n) is 1.32. The van der Waals surface area contributed by atoms with Crippen LogP contribution in [0.3, 0.4) is 0 Å². The predicted octanol–water partition coefficient (Wildman–Crippen LogP) is 3.98. The third-order valence-corrected chi connectivity index (χ3v) is 3.17. The predicted molar refractivity (Wildman–Crippen MR) is 69.5 cm³/mol. The number of halogens is 3. The monoisotopic (exact) mass is 357 g/mol. The van der Waals surface area contributed by atoms with Crippen LogP contribution in [0.2, 0.25) is 0 Å². The molecule has 0 atom stereocenters. The van der Waals surface area contributed by atoms with Crippen molar-refractivity contribution in [1.29, 1.82) is 0 Å². The molecule has 1 heterocycles. The molecule has 0 radical (unpaired) electrons. The second kappa shape index (κ2) is 5.06. The molecule has 0 unspecified atom stereocenters. The van der Waals surface area contributed by atoms with Crippen molar-refractivity contribution in [3.8, 4) is 0 Å². The molecule has 0 N–H and O–H groups in total. The van der Waals surface area contributed by atoms with Gasteiger partial charge in [0.25, 0.3) is 0 Å². The summed E-state index contributed by atoms with van der Waals surface area (Å²) in [4.78, 5) is 16.1. The van der Waals surface area contributed by atoms with E-state index >= 15 is 0 Å². The van der Waals surface area contributed by atoms with Crippen molar-refractivity contribution in [3.05, 3.63) is 62.5 Å². The lowest BCUT2D eigenvalue weighted by atomic mass is 10.1. The van der Waals surface area contributed by atoms with Crippen molar-refractivity contribution in [2.24, 2.45) is 0 Å². The highest BCUT2D eigenvalue weighted by Crippen LogP contribution is 2.22. The number of carbonyl (C=O) groups excluding carboxylic acids is 1. The summed E-state index contributed by atoms with van der Waals surface area (Å²) in [6, 6.07) is 7.12. The smallest absolute Gasteiger partial charge is 0.212 e. The molecule has 5 heteroatoms. The van der Waals surface area contributed by atoms with Crippen LogP contribution in [0.4, 0.5) is 4.39 Å². The van der Waals surface area contributed by atoms with Gasteiger partial charge in [0.15, 0.2) is 0 Å². The van der Waals surface area contributed by atoms with E-state index in [0.29, 0.717) is 15.7 Å². The van der Waals surface area contributed by atoms with Gasteiger partial charge in [-0.3, -0.25) is 9.78 Å². The fraction of sp³-hybridized carbons (Fsp3) is 0. The Hall–Kier alpha value is -1.07. The molecule has 0 saturated heterocycles. The Balaban J connectivity index is 2.40. The van der Waals surface area contributed by atoms with Crippen LogP contribution in [-0.2, 0) is 0 Å². The number of carbonyl (C=O) groups is 1. The zero-order valence-corrected chi connectivity index (χ0v) is 11.6. The van der Waals surface area contributed by atoms with Gasteiger partial charge in [-0.1, -0.05) is 0 Å². The Kier molecular flexibility index (Phi) is 3.69. The number of aromatic nitrogens is 1. The fourth-order valence-corrected chi connectivity index (χ4v) is 2.49. The summed E-state index contributed by atoms with van der Waals surface area (Å²) in [6.07, 6.45) is 1.54. The van der Waals surface area contributed by atoms with Gasteiger partial charge in [-0.15, -0.1) is 0 Å². The van der Waals surface area contributed by atoms with Crippen molar-refractivity contribution < 1.29 is 9.18 Å². The molecule has 0 amide bonds. The van der Waals surface area contributed by atoms with E-state index < -0.39 is 0 Å². The number of ketones is 1. The van der Waals surface area contributed by atoms with Gasteiger partial charge in [-0.2, -0.15) is 0 Å². The van der Waals surface area contributed by atoms with E-state index in [0.717, 1.165) is 4.47 Å². The summed E-state index contributed by atoms with van der Waals surface area (Å²) >= 11 is 6.53. The van der Waals surface area contributed by atoms with Crippen molar-refractivity contribution >= 4 is 37.6 Å². The standard InChI is InChI=1S/C12H6Br2FNO/c13-8-5-10(14)11(16-6-8)12(17)7-1-3-9(15)4-2-7/h1-6H. The number of rotatable bonds is 2. The Morgan fingerprint density at radius 1 is 1.18 bits per heavy atom. The molecule has 2 nitrogen and oxygen atoms in total. The molecule has 0 bridgehead atoms. The minimum Gasteiger partial charge on any atom is -0.287 e. The zero-order valence-electron chi connectivity index (χ0n) is 8.45. The molecule has 0 aliphatic carbocycles. The molecule has 1 aromatic heterocycles. The highest BCUT2D eigenvalue weighted by atomic mass is 79.9. The van der Waals surface area contributed by atoms with Gasteiger partial charge in [0.2, 0.25) is 5.78 Å². The van der Waals surface area contributed by atoms with Crippen molar-refractivity contribution in [1.82, 2.24) is 4.98 Å². The molecule has 0 spiro atoms. The maximum Gasteiger partial charge on any atom is 0.212 e. The number of pyridine rings is 1. The van der Waals surface area contributed by atoms with Gasteiger partial charge < -0.3 is 0 Å². The van der Waals surface area contributed by atoms with Gasteiger partial charge in [0, 0.05) is 20.7 Å². The molecular weight excluding hydrogens is 353 g/mol. The maximum atomic E-state index is 12.7. The third kappa shape index (κ3) is 2.79. The molecule has 17 heavy (non-hydrogen) atoms. The van der Waals surface area contributed by atoms with E-state index in [2.05, 4.69) is 36.8 Å². The van der Waals surface area contributed by atoms with Gasteiger partial charge in [0.1, 0.15) is 11.5 Å². The van der Waals surface area contributed by atoms with E-state index in [1.165, 1.54) is 24.3 Å². The average molecular weight is 359 g/mol. The quantitative estimate of drug-likeness (QED) is 0.760. The molecule has 1 aromatic carbocycles. The van der Waals surface area contributed by atoms with Gasteiger partial charge in [-0.25, -0.2) is 4.39 Å². The molecule has 86 valence electrons. The number of hydrogen-bond donors (Lipinski definition) is 0. The minimum atomic E-state index is -0.371. The molecule has 0 aliphatic rings. The van der Waals surface area contributed by atoms with Gasteiger partial charge in [-0.05, 0) is 62.2 Å². The molecule has 0 saturated carbocycles. The highest BCUT2D eigenvalue weighted by Gasteiger charge is 2.14. The van der Waals surface area contributed by atoms with Crippen LogP contribution in [0.1, 0.15) is 16.1 Å². The summed E-state index contributed by atoms with van der Waals surface area (Å²) in [5, 5.41) is 0. The molecule has 0 aliphatic heterocycles. The van der Waals surface area contributed by atoms with Gasteiger partial charge in [0.05, 0.1) is 0 Å². The first-order valence-corrected chi connectivity index (χ1v) is 6.28. The SMILES string of the molecule is O=C(c1ccc(F)cc1)c1ncc(Br)cc1Br. The van der Waals surface area contributed by atoms with E-state index in [1.54, 1.807) is 12.3 Å². The summed E-state index contributed by atoms with van der Waals surface area (Å²) < 4.78 is 14.1. The van der Waals surface area contributed by atoms with Crippen molar-refractivity contribution in [3.63, 3.8) is 0 Å². The topological polar surface area (TPSA) is 30.0 Å². The Morgan fingerprint density at radius 2 is 1.82 bits per heavy atom. The number of nitrogens with zero attached hydrogens (tertiary/aromatic N) is 1. The summed E-state index contributed by atoms with van der Waals surface area (Å²) in [6.45, 7) is 0. The Morgan fingerprint density at radius 3 is 2.41 bits per heavy atom. The molecular formula is C12H6Br2FNO. The molecule has 2 rings (SSSR count). The average Bonchev–Trinajstić information content (AvgIpc) is 2.29. The van der Waals surface area contributed by atoms with Crippen LogP contribution < -0.4 is 0 Å². The lowest BCUT2D eigenvalue weighted by Gasteiger charge is -2.03. The van der Waals surface area contributed by atoms with Gasteiger partial charge >= 0.3 is 0 Å². The van der Waals surface area contributed by atoms with E-state index in [1.807, 2.05) is 0 Å². The first kappa shape index (κ1) is 12.4. The van der Waals surface area contributed by atoms with Crippen LogP contribution in [0.15, 0.2) is 45.5 Å². The van der Waals surface area contributed by atoms with Crippen LogP contribution in [-0.4, -0.2) is 10.8 Å². The molecule has 0 fully saturated rings. The zero-order chi connectivity index (χ0) is 12.4. The van der Waals surface area contributed by atoms with Crippen LogP contribution in [0, 0.1) is 5.82 Å². The Bertz CT molecular complexity index is 569.